The molecule has 0 fully saturated rings. The number of hydrogen-bond donors (Lipinski definition) is 0. The standard InChI is InChI=1S/C19H18Cl6N4/c1-3-29(4-2)14-11-9-13(10-12-14)7-5-6-8-15-26-16(18(20,21)22)28-17(27-15)19(23,24)25/h5-12H,3-4H2,1-2H3. The largest absolute Gasteiger partial charge is 0.372 e. The van der Waals surface area contributed by atoms with E-state index in [0.29, 0.717) is 0 Å². The highest BCUT2D eigenvalue weighted by atomic mass is 35.6. The van der Waals surface area contributed by atoms with Crippen LogP contribution in [0.1, 0.15) is 36.9 Å². The van der Waals surface area contributed by atoms with Crippen LogP contribution in [0, 0.1) is 0 Å². The average molecular weight is 515 g/mol. The van der Waals surface area contributed by atoms with Crippen LogP contribution in [-0.4, -0.2) is 28.0 Å². The molecule has 0 saturated carbocycles. The van der Waals surface area contributed by atoms with Crippen LogP contribution < -0.4 is 4.90 Å². The number of benzene rings is 1. The Balaban J connectivity index is 2.19. The van der Waals surface area contributed by atoms with Crippen molar-refractivity contribution >= 4 is 87.4 Å². The third kappa shape index (κ3) is 7.46. The summed E-state index contributed by atoms with van der Waals surface area (Å²) in [6.07, 6.45) is 7.11. The Kier molecular flexibility index (Phi) is 8.89. The summed E-state index contributed by atoms with van der Waals surface area (Å²) in [5.41, 5.74) is 2.23. The second kappa shape index (κ2) is 10.5. The van der Waals surface area contributed by atoms with E-state index >= 15 is 0 Å². The van der Waals surface area contributed by atoms with Crippen LogP contribution in [0.2, 0.25) is 0 Å². The van der Waals surface area contributed by atoms with Gasteiger partial charge in [0, 0.05) is 18.8 Å². The van der Waals surface area contributed by atoms with E-state index in [1.807, 2.05) is 24.3 Å². The van der Waals surface area contributed by atoms with Crippen molar-refractivity contribution in [3.05, 3.63) is 59.5 Å². The molecule has 29 heavy (non-hydrogen) atoms. The van der Waals surface area contributed by atoms with Crippen LogP contribution >= 0.6 is 69.6 Å². The van der Waals surface area contributed by atoms with E-state index in [9.17, 15) is 0 Å². The van der Waals surface area contributed by atoms with E-state index in [4.69, 9.17) is 69.6 Å². The van der Waals surface area contributed by atoms with Crippen LogP contribution in [0.3, 0.4) is 0 Å². The molecule has 0 spiro atoms. The molecule has 0 atom stereocenters. The van der Waals surface area contributed by atoms with E-state index in [-0.39, 0.29) is 17.5 Å². The molecule has 156 valence electrons. The zero-order valence-electron chi connectivity index (χ0n) is 15.6. The number of allylic oxidation sites excluding steroid dienone is 2. The quantitative estimate of drug-likeness (QED) is 0.304. The maximum atomic E-state index is 5.86. The molecule has 0 aliphatic carbocycles. The Morgan fingerprint density at radius 3 is 1.69 bits per heavy atom. The second-order valence-electron chi connectivity index (χ2n) is 5.82. The fourth-order valence-corrected chi connectivity index (χ4v) is 2.92. The molecule has 0 aliphatic rings. The molecule has 2 rings (SSSR count). The zero-order chi connectivity index (χ0) is 21.7. The normalized spacial score (nSPS) is 12.8. The van der Waals surface area contributed by atoms with Gasteiger partial charge < -0.3 is 4.90 Å². The Morgan fingerprint density at radius 1 is 0.759 bits per heavy atom. The maximum Gasteiger partial charge on any atom is 0.250 e. The summed E-state index contributed by atoms with van der Waals surface area (Å²) in [7, 11) is 0. The molecule has 10 heteroatoms. The molecule has 1 aromatic heterocycles. The third-order valence-corrected chi connectivity index (χ3v) is 4.84. The summed E-state index contributed by atoms with van der Waals surface area (Å²) >= 11 is 35.1. The summed E-state index contributed by atoms with van der Waals surface area (Å²) < 4.78 is -3.75. The van der Waals surface area contributed by atoms with Crippen LogP contribution in [0.4, 0.5) is 5.69 Å². The highest BCUT2D eigenvalue weighted by Crippen LogP contribution is 2.39. The van der Waals surface area contributed by atoms with Gasteiger partial charge >= 0.3 is 0 Å². The first kappa shape index (κ1) is 24.5. The molecule has 0 aliphatic heterocycles. The molecular formula is C19H18Cl6N4. The number of aromatic nitrogens is 3. The number of hydrogen-bond acceptors (Lipinski definition) is 4. The first-order valence-corrected chi connectivity index (χ1v) is 10.9. The van der Waals surface area contributed by atoms with Gasteiger partial charge in [0.25, 0.3) is 0 Å². The Labute approximate surface area is 200 Å². The monoisotopic (exact) mass is 512 g/mol. The van der Waals surface area contributed by atoms with Crippen molar-refractivity contribution in [3.8, 4) is 0 Å². The molecule has 2 aromatic rings. The maximum absolute atomic E-state index is 5.86. The van der Waals surface area contributed by atoms with Crippen molar-refractivity contribution in [1.29, 1.82) is 0 Å². The lowest BCUT2D eigenvalue weighted by atomic mass is 10.2. The van der Waals surface area contributed by atoms with E-state index < -0.39 is 7.59 Å². The van der Waals surface area contributed by atoms with Gasteiger partial charge in [0.05, 0.1) is 0 Å². The van der Waals surface area contributed by atoms with Crippen molar-refractivity contribution in [2.75, 3.05) is 18.0 Å². The summed E-state index contributed by atoms with van der Waals surface area (Å²) in [4.78, 5) is 14.4. The molecule has 4 nitrogen and oxygen atoms in total. The molecule has 0 radical (unpaired) electrons. The van der Waals surface area contributed by atoms with Gasteiger partial charge in [-0.2, -0.15) is 0 Å². The predicted molar refractivity (Wildman–Crippen MR) is 126 cm³/mol. The van der Waals surface area contributed by atoms with Crippen molar-refractivity contribution in [1.82, 2.24) is 15.0 Å². The van der Waals surface area contributed by atoms with E-state index in [2.05, 4.69) is 45.8 Å². The minimum Gasteiger partial charge on any atom is -0.372 e. The lowest BCUT2D eigenvalue weighted by Crippen LogP contribution is -2.21. The van der Waals surface area contributed by atoms with Gasteiger partial charge in [0.1, 0.15) is 0 Å². The Morgan fingerprint density at radius 2 is 1.24 bits per heavy atom. The molecule has 0 unspecified atom stereocenters. The number of halogens is 6. The second-order valence-corrected chi connectivity index (χ2v) is 10.4. The van der Waals surface area contributed by atoms with E-state index in [1.54, 1.807) is 12.2 Å². The average Bonchev–Trinajstić information content (AvgIpc) is 2.66. The van der Waals surface area contributed by atoms with E-state index in [1.165, 1.54) is 5.69 Å². The van der Waals surface area contributed by atoms with Gasteiger partial charge in [-0.1, -0.05) is 100.0 Å². The Bertz CT molecular complexity index is 833. The highest BCUT2D eigenvalue weighted by molar-refractivity contribution is 6.67. The number of alkyl halides is 6. The fourth-order valence-electron chi connectivity index (χ4n) is 2.41. The zero-order valence-corrected chi connectivity index (χ0v) is 20.1. The lowest BCUT2D eigenvalue weighted by Gasteiger charge is -2.20. The van der Waals surface area contributed by atoms with Gasteiger partial charge in [0.15, 0.2) is 17.5 Å². The van der Waals surface area contributed by atoms with Gasteiger partial charge in [-0.3, -0.25) is 0 Å². The highest BCUT2D eigenvalue weighted by Gasteiger charge is 2.33. The lowest BCUT2D eigenvalue weighted by molar-refractivity contribution is 0.835. The van der Waals surface area contributed by atoms with Gasteiger partial charge in [-0.15, -0.1) is 0 Å². The van der Waals surface area contributed by atoms with Crippen LogP contribution in [0.15, 0.2) is 36.4 Å². The van der Waals surface area contributed by atoms with Crippen LogP contribution in [0.25, 0.3) is 12.2 Å². The number of anilines is 1. The smallest absolute Gasteiger partial charge is 0.250 e. The molecule has 1 aromatic carbocycles. The molecule has 0 N–H and O–H groups in total. The first-order valence-electron chi connectivity index (χ1n) is 8.64. The summed E-state index contributed by atoms with van der Waals surface area (Å²) in [6.45, 7) is 6.19. The minimum absolute atomic E-state index is 0.130. The topological polar surface area (TPSA) is 41.9 Å². The molecule has 0 bridgehead atoms. The Hall–Kier alpha value is -0.750. The summed E-state index contributed by atoms with van der Waals surface area (Å²) in [5, 5.41) is 0. The minimum atomic E-state index is -1.88. The predicted octanol–water partition coefficient (Wildman–Crippen LogP) is 7.10. The number of nitrogens with zero attached hydrogens (tertiary/aromatic N) is 4. The van der Waals surface area contributed by atoms with Crippen LogP contribution in [-0.2, 0) is 7.59 Å². The van der Waals surface area contributed by atoms with Gasteiger partial charge in [-0.25, -0.2) is 15.0 Å². The first-order chi connectivity index (χ1) is 13.5. The molecule has 0 saturated heterocycles. The molecule has 0 amide bonds. The van der Waals surface area contributed by atoms with Gasteiger partial charge in [-0.05, 0) is 37.6 Å². The summed E-state index contributed by atoms with van der Waals surface area (Å²) in [5.74, 6) is -0.0620. The SMILES string of the molecule is CCN(CC)c1ccc(C=CC=Cc2nc(C(Cl)(Cl)Cl)nc(C(Cl)(Cl)Cl)n2)cc1. The van der Waals surface area contributed by atoms with Crippen molar-refractivity contribution in [2.45, 2.75) is 21.4 Å². The fraction of sp³-hybridized carbons (Fsp3) is 0.316. The van der Waals surface area contributed by atoms with Crippen molar-refractivity contribution < 1.29 is 0 Å². The van der Waals surface area contributed by atoms with Crippen LogP contribution in [0.5, 0.6) is 0 Å². The number of rotatable bonds is 6. The van der Waals surface area contributed by atoms with Gasteiger partial charge in [0.2, 0.25) is 7.59 Å². The van der Waals surface area contributed by atoms with Crippen molar-refractivity contribution in [2.24, 2.45) is 0 Å². The van der Waals surface area contributed by atoms with Crippen molar-refractivity contribution in [3.63, 3.8) is 0 Å². The third-order valence-electron chi connectivity index (χ3n) is 3.83. The van der Waals surface area contributed by atoms with E-state index in [0.717, 1.165) is 18.7 Å². The molecule has 1 heterocycles. The summed E-state index contributed by atoms with van der Waals surface area (Å²) in [6, 6.07) is 8.26. The molecular weight excluding hydrogens is 497 g/mol.